The fraction of sp³-hybridized carbons (Fsp3) is 0.667. The minimum Gasteiger partial charge on any atom is -0.377 e. The summed E-state index contributed by atoms with van der Waals surface area (Å²) < 4.78 is 6.00. The highest BCUT2D eigenvalue weighted by Crippen LogP contribution is 2.58. The minimum atomic E-state index is 0.302. The molecule has 0 heterocycles. The molecule has 0 aliphatic heterocycles. The minimum absolute atomic E-state index is 0.302. The maximum Gasteiger partial charge on any atom is 0.0837 e. The molecule has 0 bridgehead atoms. The Kier molecular flexibility index (Phi) is 7.76. The van der Waals surface area contributed by atoms with Crippen LogP contribution in [0.15, 0.2) is 30.3 Å². The normalized spacial score (nSPS) is 19.6. The Morgan fingerprint density at radius 3 is 2.24 bits per heavy atom. The fourth-order valence-electron chi connectivity index (χ4n) is 2.65. The van der Waals surface area contributed by atoms with Gasteiger partial charge in [-0.3, -0.25) is 0 Å². The quantitative estimate of drug-likeness (QED) is 0.297. The largest absolute Gasteiger partial charge is 0.377 e. The maximum atomic E-state index is 5.70. The zero-order valence-electron chi connectivity index (χ0n) is 12.7. The molecule has 2 rings (SSSR count). The molecule has 21 heavy (non-hydrogen) atoms. The SMILES string of the molecule is BrC1(Br)CC1CCCCCCCCOCc1ccccc1. The van der Waals surface area contributed by atoms with Crippen LogP contribution in [-0.4, -0.2) is 9.84 Å². The van der Waals surface area contributed by atoms with Crippen LogP contribution < -0.4 is 0 Å². The van der Waals surface area contributed by atoms with E-state index in [4.69, 9.17) is 4.74 Å². The molecule has 3 heteroatoms. The molecule has 118 valence electrons. The number of ether oxygens (including phenoxy) is 1. The van der Waals surface area contributed by atoms with Gasteiger partial charge in [0, 0.05) is 6.61 Å². The van der Waals surface area contributed by atoms with Crippen LogP contribution in [0.2, 0.25) is 0 Å². The average Bonchev–Trinajstić information content (AvgIpc) is 3.09. The number of hydrogen-bond donors (Lipinski definition) is 0. The summed E-state index contributed by atoms with van der Waals surface area (Å²) in [5.41, 5.74) is 1.27. The molecule has 1 unspecified atom stereocenters. The van der Waals surface area contributed by atoms with E-state index in [2.05, 4.69) is 56.1 Å². The molecule has 1 atom stereocenters. The van der Waals surface area contributed by atoms with Crippen LogP contribution in [0, 0.1) is 5.92 Å². The lowest BCUT2D eigenvalue weighted by Crippen LogP contribution is -1.95. The smallest absolute Gasteiger partial charge is 0.0837 e. The number of hydrogen-bond acceptors (Lipinski definition) is 1. The molecular weight excluding hydrogens is 392 g/mol. The Morgan fingerprint density at radius 1 is 0.952 bits per heavy atom. The molecule has 1 aliphatic rings. The number of benzene rings is 1. The van der Waals surface area contributed by atoms with Gasteiger partial charge in [-0.2, -0.15) is 0 Å². The number of alkyl halides is 2. The van der Waals surface area contributed by atoms with Crippen LogP contribution in [0.5, 0.6) is 0 Å². The van der Waals surface area contributed by atoms with E-state index in [-0.39, 0.29) is 0 Å². The lowest BCUT2D eigenvalue weighted by atomic mass is 10.1. The van der Waals surface area contributed by atoms with Crippen LogP contribution in [-0.2, 0) is 11.3 Å². The van der Waals surface area contributed by atoms with Gasteiger partial charge in [-0.15, -0.1) is 0 Å². The van der Waals surface area contributed by atoms with E-state index in [0.717, 1.165) is 19.1 Å². The lowest BCUT2D eigenvalue weighted by molar-refractivity contribution is 0.116. The Bertz CT molecular complexity index is 391. The summed E-state index contributed by atoms with van der Waals surface area (Å²) in [4.78, 5) is 0. The molecule has 1 aromatic rings. The third-order valence-corrected chi connectivity index (χ3v) is 6.10. The molecule has 1 nitrogen and oxygen atoms in total. The molecule has 0 radical (unpaired) electrons. The van der Waals surface area contributed by atoms with E-state index in [9.17, 15) is 0 Å². The first-order valence-corrected chi connectivity index (χ1v) is 9.76. The number of unbranched alkanes of at least 4 members (excludes halogenated alkanes) is 5. The van der Waals surface area contributed by atoms with Gasteiger partial charge in [0.25, 0.3) is 0 Å². The summed E-state index contributed by atoms with van der Waals surface area (Å²) in [6.07, 6.45) is 10.7. The van der Waals surface area contributed by atoms with Crippen LogP contribution >= 0.6 is 31.9 Å². The zero-order chi connectivity index (χ0) is 15.0. The predicted octanol–water partition coefficient (Wildman–Crippen LogP) is 6.44. The highest BCUT2D eigenvalue weighted by molar-refractivity contribution is 9.25. The van der Waals surface area contributed by atoms with Crippen LogP contribution in [0.4, 0.5) is 0 Å². The first-order chi connectivity index (χ1) is 10.2. The molecular formula is C18H26Br2O. The van der Waals surface area contributed by atoms with E-state index in [0.29, 0.717) is 3.23 Å². The molecule has 0 spiro atoms. The van der Waals surface area contributed by atoms with E-state index >= 15 is 0 Å². The van der Waals surface area contributed by atoms with E-state index in [1.165, 1.54) is 56.9 Å². The summed E-state index contributed by atoms with van der Waals surface area (Å²) in [7, 11) is 0. The van der Waals surface area contributed by atoms with E-state index in [1.54, 1.807) is 0 Å². The van der Waals surface area contributed by atoms with Crippen molar-refractivity contribution in [1.82, 2.24) is 0 Å². The average molecular weight is 418 g/mol. The third-order valence-electron chi connectivity index (χ3n) is 4.16. The number of rotatable bonds is 11. The summed E-state index contributed by atoms with van der Waals surface area (Å²) in [5.74, 6) is 0.865. The molecule has 1 aromatic carbocycles. The van der Waals surface area contributed by atoms with Crippen molar-refractivity contribution in [1.29, 1.82) is 0 Å². The molecule has 1 saturated carbocycles. The Hall–Kier alpha value is 0.140. The van der Waals surface area contributed by atoms with Crippen molar-refractivity contribution in [3.8, 4) is 0 Å². The van der Waals surface area contributed by atoms with Crippen LogP contribution in [0.3, 0.4) is 0 Å². The fourth-order valence-corrected chi connectivity index (χ4v) is 3.89. The second-order valence-corrected chi connectivity index (χ2v) is 10.0. The van der Waals surface area contributed by atoms with Gasteiger partial charge in [0.15, 0.2) is 0 Å². The van der Waals surface area contributed by atoms with Gasteiger partial charge in [-0.1, -0.05) is 94.3 Å². The standard InChI is InChI=1S/C18H26Br2O/c19-18(20)14-17(18)12-8-3-1-2-4-9-13-21-15-16-10-6-5-7-11-16/h5-7,10-11,17H,1-4,8-9,12-15H2. The molecule has 0 aromatic heterocycles. The van der Waals surface area contributed by atoms with Gasteiger partial charge >= 0.3 is 0 Å². The Morgan fingerprint density at radius 2 is 1.57 bits per heavy atom. The molecule has 1 aliphatic carbocycles. The van der Waals surface area contributed by atoms with Crippen molar-refractivity contribution < 1.29 is 4.74 Å². The first kappa shape index (κ1) is 17.5. The van der Waals surface area contributed by atoms with Crippen molar-refractivity contribution in [2.24, 2.45) is 5.92 Å². The highest BCUT2D eigenvalue weighted by Gasteiger charge is 2.49. The summed E-state index contributed by atoms with van der Waals surface area (Å²) >= 11 is 7.38. The van der Waals surface area contributed by atoms with Crippen molar-refractivity contribution in [3.63, 3.8) is 0 Å². The van der Waals surface area contributed by atoms with Gasteiger partial charge in [-0.05, 0) is 30.7 Å². The van der Waals surface area contributed by atoms with E-state index < -0.39 is 0 Å². The third kappa shape index (κ3) is 7.30. The van der Waals surface area contributed by atoms with Crippen molar-refractivity contribution in [2.75, 3.05) is 6.61 Å². The Labute approximate surface area is 146 Å². The van der Waals surface area contributed by atoms with Gasteiger partial charge in [0.1, 0.15) is 0 Å². The molecule has 1 fully saturated rings. The van der Waals surface area contributed by atoms with Crippen LogP contribution in [0.1, 0.15) is 56.9 Å². The van der Waals surface area contributed by atoms with Gasteiger partial charge in [0.2, 0.25) is 0 Å². The van der Waals surface area contributed by atoms with Crippen LogP contribution in [0.25, 0.3) is 0 Å². The second-order valence-electron chi connectivity index (χ2n) is 6.11. The monoisotopic (exact) mass is 416 g/mol. The maximum absolute atomic E-state index is 5.70. The van der Waals surface area contributed by atoms with Gasteiger partial charge < -0.3 is 4.74 Å². The Balaban J connectivity index is 1.33. The van der Waals surface area contributed by atoms with Crippen molar-refractivity contribution in [3.05, 3.63) is 35.9 Å². The van der Waals surface area contributed by atoms with Crippen molar-refractivity contribution >= 4 is 31.9 Å². The van der Waals surface area contributed by atoms with Gasteiger partial charge in [-0.25, -0.2) is 0 Å². The van der Waals surface area contributed by atoms with Gasteiger partial charge in [0.05, 0.1) is 9.84 Å². The second kappa shape index (κ2) is 9.32. The topological polar surface area (TPSA) is 9.23 Å². The highest BCUT2D eigenvalue weighted by atomic mass is 79.9. The predicted molar refractivity (Wildman–Crippen MR) is 97.1 cm³/mol. The van der Waals surface area contributed by atoms with E-state index in [1.807, 2.05) is 6.07 Å². The molecule has 0 N–H and O–H groups in total. The molecule has 0 saturated heterocycles. The zero-order valence-corrected chi connectivity index (χ0v) is 15.9. The summed E-state index contributed by atoms with van der Waals surface area (Å²) in [6.45, 7) is 1.65. The summed E-state index contributed by atoms with van der Waals surface area (Å²) in [5, 5.41) is 0. The number of halogens is 2. The first-order valence-electron chi connectivity index (χ1n) is 8.18. The summed E-state index contributed by atoms with van der Waals surface area (Å²) in [6, 6.07) is 10.4. The van der Waals surface area contributed by atoms with Crippen molar-refractivity contribution in [2.45, 2.75) is 61.2 Å². The molecule has 0 amide bonds. The lowest BCUT2D eigenvalue weighted by Gasteiger charge is -2.05.